The summed E-state index contributed by atoms with van der Waals surface area (Å²) in [7, 11) is 0. The number of ether oxygens (including phenoxy) is 1. The number of rotatable bonds is 6. The molecule has 1 aromatic carbocycles. The van der Waals surface area contributed by atoms with Crippen LogP contribution in [0.2, 0.25) is 0 Å². The Balaban J connectivity index is 2.28. The van der Waals surface area contributed by atoms with Crippen LogP contribution < -0.4 is 5.32 Å². The van der Waals surface area contributed by atoms with Crippen LogP contribution in [0.25, 0.3) is 0 Å². The largest absolute Gasteiger partial charge is 0.505 e. The van der Waals surface area contributed by atoms with Gasteiger partial charge in [0.15, 0.2) is 11.6 Å². The molecular formula is C11H16FNO2. The predicted molar refractivity (Wildman–Crippen MR) is 56.3 cm³/mol. The highest BCUT2D eigenvalue weighted by molar-refractivity contribution is 5.27. The summed E-state index contributed by atoms with van der Waals surface area (Å²) in [5, 5.41) is 12.1. The van der Waals surface area contributed by atoms with Gasteiger partial charge in [0, 0.05) is 19.7 Å². The van der Waals surface area contributed by atoms with E-state index >= 15 is 0 Å². The molecule has 0 radical (unpaired) electrons. The molecule has 0 bridgehead atoms. The first-order valence-electron chi connectivity index (χ1n) is 5.00. The van der Waals surface area contributed by atoms with Crippen LogP contribution in [0.3, 0.4) is 0 Å². The van der Waals surface area contributed by atoms with E-state index in [2.05, 4.69) is 5.32 Å². The van der Waals surface area contributed by atoms with Crippen molar-refractivity contribution in [3.63, 3.8) is 0 Å². The van der Waals surface area contributed by atoms with Crippen molar-refractivity contribution in [2.45, 2.75) is 13.5 Å². The fraction of sp³-hybridized carbons (Fsp3) is 0.455. The van der Waals surface area contributed by atoms with Crippen molar-refractivity contribution < 1.29 is 14.2 Å². The maximum absolute atomic E-state index is 12.9. The average Bonchev–Trinajstić information content (AvgIpc) is 2.23. The van der Waals surface area contributed by atoms with Crippen LogP contribution in [0.4, 0.5) is 4.39 Å². The van der Waals surface area contributed by atoms with E-state index in [4.69, 9.17) is 9.84 Å². The standard InChI is InChI=1S/C11H16FNO2/c1-2-15-6-5-13-8-9-3-4-11(14)10(12)7-9/h3-4,7,13-14H,2,5-6,8H2,1H3. The highest BCUT2D eigenvalue weighted by Gasteiger charge is 2.00. The van der Waals surface area contributed by atoms with Gasteiger partial charge in [-0.15, -0.1) is 0 Å². The third-order valence-electron chi connectivity index (χ3n) is 1.97. The zero-order valence-corrected chi connectivity index (χ0v) is 8.79. The molecule has 1 rings (SSSR count). The van der Waals surface area contributed by atoms with Gasteiger partial charge in [-0.3, -0.25) is 0 Å². The molecular weight excluding hydrogens is 197 g/mol. The number of phenols is 1. The molecule has 84 valence electrons. The predicted octanol–water partition coefficient (Wildman–Crippen LogP) is 1.66. The Morgan fingerprint density at radius 1 is 1.47 bits per heavy atom. The Labute approximate surface area is 88.9 Å². The third kappa shape index (κ3) is 4.27. The SMILES string of the molecule is CCOCCNCc1ccc(O)c(F)c1. The van der Waals surface area contributed by atoms with Crippen LogP contribution in [-0.2, 0) is 11.3 Å². The van der Waals surface area contributed by atoms with Crippen LogP contribution in [0.15, 0.2) is 18.2 Å². The topological polar surface area (TPSA) is 41.5 Å². The first kappa shape index (κ1) is 11.9. The lowest BCUT2D eigenvalue weighted by molar-refractivity contribution is 0.149. The molecule has 4 heteroatoms. The second-order valence-electron chi connectivity index (χ2n) is 3.16. The monoisotopic (exact) mass is 213 g/mol. The van der Waals surface area contributed by atoms with Gasteiger partial charge in [0.1, 0.15) is 0 Å². The molecule has 0 saturated heterocycles. The first-order chi connectivity index (χ1) is 7.24. The zero-order valence-electron chi connectivity index (χ0n) is 8.79. The van der Waals surface area contributed by atoms with E-state index in [1.807, 2.05) is 6.92 Å². The maximum Gasteiger partial charge on any atom is 0.165 e. The van der Waals surface area contributed by atoms with E-state index in [-0.39, 0.29) is 5.75 Å². The molecule has 0 aliphatic rings. The van der Waals surface area contributed by atoms with Crippen LogP contribution in [0, 0.1) is 5.82 Å². The molecule has 0 spiro atoms. The van der Waals surface area contributed by atoms with E-state index < -0.39 is 5.82 Å². The number of benzene rings is 1. The summed E-state index contributed by atoms with van der Waals surface area (Å²) in [6.45, 7) is 4.60. The molecule has 0 aliphatic carbocycles. The van der Waals surface area contributed by atoms with E-state index in [9.17, 15) is 4.39 Å². The van der Waals surface area contributed by atoms with Crippen LogP contribution in [-0.4, -0.2) is 24.9 Å². The van der Waals surface area contributed by atoms with Crippen molar-refractivity contribution in [2.75, 3.05) is 19.8 Å². The lowest BCUT2D eigenvalue weighted by atomic mass is 10.2. The molecule has 0 aliphatic heterocycles. The molecule has 0 aromatic heterocycles. The van der Waals surface area contributed by atoms with Gasteiger partial charge in [-0.2, -0.15) is 0 Å². The van der Waals surface area contributed by atoms with Gasteiger partial charge in [0.25, 0.3) is 0 Å². The molecule has 2 N–H and O–H groups in total. The smallest absolute Gasteiger partial charge is 0.165 e. The molecule has 0 unspecified atom stereocenters. The minimum Gasteiger partial charge on any atom is -0.505 e. The minimum absolute atomic E-state index is 0.312. The van der Waals surface area contributed by atoms with E-state index in [1.54, 1.807) is 6.07 Å². The lowest BCUT2D eigenvalue weighted by Gasteiger charge is -2.05. The van der Waals surface area contributed by atoms with Gasteiger partial charge in [0.05, 0.1) is 6.61 Å². The first-order valence-corrected chi connectivity index (χ1v) is 5.00. The number of nitrogens with one attached hydrogen (secondary N) is 1. The Morgan fingerprint density at radius 3 is 2.93 bits per heavy atom. The highest BCUT2D eigenvalue weighted by Crippen LogP contribution is 2.15. The number of phenolic OH excluding ortho intramolecular Hbond substituents is 1. The molecule has 15 heavy (non-hydrogen) atoms. The van der Waals surface area contributed by atoms with Gasteiger partial charge in [-0.05, 0) is 24.6 Å². The lowest BCUT2D eigenvalue weighted by Crippen LogP contribution is -2.19. The van der Waals surface area contributed by atoms with Gasteiger partial charge >= 0.3 is 0 Å². The summed E-state index contributed by atoms with van der Waals surface area (Å²) in [6, 6.07) is 4.37. The Kier molecular flexibility index (Phi) is 5.07. The summed E-state index contributed by atoms with van der Waals surface area (Å²) in [5.41, 5.74) is 0.807. The molecule has 3 nitrogen and oxygen atoms in total. The number of aromatic hydroxyl groups is 1. The van der Waals surface area contributed by atoms with Gasteiger partial charge in [0.2, 0.25) is 0 Å². The summed E-state index contributed by atoms with van der Waals surface area (Å²) in [6.07, 6.45) is 0. The number of hydrogen-bond donors (Lipinski definition) is 2. The maximum atomic E-state index is 12.9. The van der Waals surface area contributed by atoms with Crippen LogP contribution in [0.5, 0.6) is 5.75 Å². The van der Waals surface area contributed by atoms with E-state index in [1.165, 1.54) is 12.1 Å². The van der Waals surface area contributed by atoms with Gasteiger partial charge in [-0.25, -0.2) is 4.39 Å². The van der Waals surface area contributed by atoms with Crippen molar-refractivity contribution in [3.05, 3.63) is 29.6 Å². The molecule has 0 amide bonds. The Hall–Kier alpha value is -1.13. The van der Waals surface area contributed by atoms with Crippen molar-refractivity contribution in [1.29, 1.82) is 0 Å². The van der Waals surface area contributed by atoms with Gasteiger partial charge < -0.3 is 15.2 Å². The number of hydrogen-bond acceptors (Lipinski definition) is 3. The van der Waals surface area contributed by atoms with Crippen molar-refractivity contribution in [1.82, 2.24) is 5.32 Å². The second kappa shape index (κ2) is 6.37. The summed E-state index contributed by atoms with van der Waals surface area (Å²) < 4.78 is 18.0. The van der Waals surface area contributed by atoms with E-state index in [0.29, 0.717) is 19.8 Å². The molecule has 1 aromatic rings. The molecule has 0 heterocycles. The fourth-order valence-electron chi connectivity index (χ4n) is 1.18. The average molecular weight is 213 g/mol. The normalized spacial score (nSPS) is 10.5. The molecule has 0 fully saturated rings. The highest BCUT2D eigenvalue weighted by atomic mass is 19.1. The summed E-state index contributed by atoms with van der Waals surface area (Å²) >= 11 is 0. The molecule has 0 atom stereocenters. The number of halogens is 1. The van der Waals surface area contributed by atoms with Crippen molar-refractivity contribution >= 4 is 0 Å². The Morgan fingerprint density at radius 2 is 2.27 bits per heavy atom. The van der Waals surface area contributed by atoms with Crippen molar-refractivity contribution in [2.24, 2.45) is 0 Å². The quantitative estimate of drug-likeness (QED) is 0.706. The Bertz CT molecular complexity index is 305. The van der Waals surface area contributed by atoms with Gasteiger partial charge in [-0.1, -0.05) is 6.07 Å². The summed E-state index contributed by atoms with van der Waals surface area (Å²) in [5.74, 6) is -0.896. The van der Waals surface area contributed by atoms with Crippen molar-refractivity contribution in [3.8, 4) is 5.75 Å². The third-order valence-corrected chi connectivity index (χ3v) is 1.97. The van der Waals surface area contributed by atoms with Crippen LogP contribution in [0.1, 0.15) is 12.5 Å². The second-order valence-corrected chi connectivity index (χ2v) is 3.16. The summed E-state index contributed by atoms with van der Waals surface area (Å²) in [4.78, 5) is 0. The van der Waals surface area contributed by atoms with Crippen LogP contribution >= 0.6 is 0 Å². The fourth-order valence-corrected chi connectivity index (χ4v) is 1.18. The molecule has 0 saturated carbocycles. The zero-order chi connectivity index (χ0) is 11.1. The minimum atomic E-state index is -0.584. The van der Waals surface area contributed by atoms with E-state index in [0.717, 1.165) is 12.1 Å².